The fourth-order valence-corrected chi connectivity index (χ4v) is 2.14. The van der Waals surface area contributed by atoms with Crippen molar-refractivity contribution in [1.29, 1.82) is 0 Å². The summed E-state index contributed by atoms with van der Waals surface area (Å²) in [5.41, 5.74) is 0. The van der Waals surface area contributed by atoms with E-state index in [-0.39, 0.29) is 11.5 Å². The predicted molar refractivity (Wildman–Crippen MR) is 40.6 cm³/mol. The number of carboxylic acids is 1. The van der Waals surface area contributed by atoms with Gasteiger partial charge in [0.05, 0.1) is 17.6 Å². The van der Waals surface area contributed by atoms with Crippen molar-refractivity contribution < 1.29 is 23.1 Å². The first-order valence-corrected chi connectivity index (χ1v) is 5.31. The van der Waals surface area contributed by atoms with Gasteiger partial charge in [-0.05, 0) is 6.92 Å². The van der Waals surface area contributed by atoms with Gasteiger partial charge in [0.2, 0.25) is 0 Å². The van der Waals surface area contributed by atoms with E-state index in [4.69, 9.17) is 9.84 Å². The van der Waals surface area contributed by atoms with Crippen LogP contribution in [0.1, 0.15) is 6.92 Å². The zero-order valence-electron chi connectivity index (χ0n) is 6.56. The molecule has 1 saturated heterocycles. The number of aliphatic carboxylic acids is 1. The standard InChI is InChI=1S/C6H10O5S/c1-4(6(7)8)11-5-2-12(9,10)3-5/h4-5H,2-3H2,1H3,(H,7,8). The van der Waals surface area contributed by atoms with Crippen LogP contribution in [0, 0.1) is 0 Å². The molecule has 5 nitrogen and oxygen atoms in total. The van der Waals surface area contributed by atoms with Crippen molar-refractivity contribution in [3.63, 3.8) is 0 Å². The first kappa shape index (κ1) is 9.47. The quantitative estimate of drug-likeness (QED) is 0.640. The van der Waals surface area contributed by atoms with E-state index in [2.05, 4.69) is 0 Å². The van der Waals surface area contributed by atoms with Crippen molar-refractivity contribution in [2.75, 3.05) is 11.5 Å². The molecule has 1 aliphatic rings. The average molecular weight is 194 g/mol. The number of carboxylic acid groups (broad SMARTS) is 1. The van der Waals surface area contributed by atoms with Crippen LogP contribution in [0.2, 0.25) is 0 Å². The van der Waals surface area contributed by atoms with Gasteiger partial charge in [-0.3, -0.25) is 0 Å². The summed E-state index contributed by atoms with van der Waals surface area (Å²) in [4.78, 5) is 10.3. The highest BCUT2D eigenvalue weighted by molar-refractivity contribution is 7.92. The van der Waals surface area contributed by atoms with Gasteiger partial charge in [0.25, 0.3) is 0 Å². The molecule has 0 aromatic heterocycles. The minimum absolute atomic E-state index is 0.0510. The predicted octanol–water partition coefficient (Wildman–Crippen LogP) is -0.727. The summed E-state index contributed by atoms with van der Waals surface area (Å²) in [5.74, 6) is -1.17. The molecule has 0 saturated carbocycles. The molecule has 0 aromatic rings. The van der Waals surface area contributed by atoms with Gasteiger partial charge >= 0.3 is 5.97 Å². The number of ether oxygens (including phenoxy) is 1. The smallest absolute Gasteiger partial charge is 0.332 e. The molecule has 1 aliphatic heterocycles. The second-order valence-electron chi connectivity index (χ2n) is 2.82. The molecule has 0 aliphatic carbocycles. The van der Waals surface area contributed by atoms with Crippen molar-refractivity contribution >= 4 is 15.8 Å². The summed E-state index contributed by atoms with van der Waals surface area (Å²) in [6.45, 7) is 1.38. The van der Waals surface area contributed by atoms with Crippen LogP contribution >= 0.6 is 0 Å². The Morgan fingerprint density at radius 3 is 2.42 bits per heavy atom. The van der Waals surface area contributed by atoms with E-state index < -0.39 is 28.0 Å². The Bertz CT molecular complexity index is 268. The van der Waals surface area contributed by atoms with Crippen molar-refractivity contribution in [2.45, 2.75) is 19.1 Å². The van der Waals surface area contributed by atoms with Crippen LogP contribution in [0.4, 0.5) is 0 Å². The van der Waals surface area contributed by atoms with Crippen LogP contribution in [-0.2, 0) is 19.4 Å². The molecular formula is C6H10O5S. The molecule has 0 aromatic carbocycles. The van der Waals surface area contributed by atoms with E-state index in [0.717, 1.165) is 0 Å². The summed E-state index contributed by atoms with van der Waals surface area (Å²) < 4.78 is 26.1. The van der Waals surface area contributed by atoms with Gasteiger partial charge < -0.3 is 9.84 Å². The molecule has 0 bridgehead atoms. The van der Waals surface area contributed by atoms with Gasteiger partial charge in [-0.2, -0.15) is 0 Å². The number of hydrogen-bond acceptors (Lipinski definition) is 4. The lowest BCUT2D eigenvalue weighted by molar-refractivity contribution is -0.151. The number of sulfone groups is 1. The van der Waals surface area contributed by atoms with Crippen molar-refractivity contribution in [3.05, 3.63) is 0 Å². The van der Waals surface area contributed by atoms with Crippen molar-refractivity contribution in [1.82, 2.24) is 0 Å². The lowest BCUT2D eigenvalue weighted by Gasteiger charge is -2.27. The highest BCUT2D eigenvalue weighted by atomic mass is 32.2. The minimum Gasteiger partial charge on any atom is -0.479 e. The molecule has 70 valence electrons. The Hall–Kier alpha value is -0.620. The topological polar surface area (TPSA) is 80.7 Å². The van der Waals surface area contributed by atoms with Crippen LogP contribution in [-0.4, -0.2) is 43.2 Å². The van der Waals surface area contributed by atoms with Gasteiger partial charge in [0.15, 0.2) is 15.9 Å². The van der Waals surface area contributed by atoms with Gasteiger partial charge in [0, 0.05) is 0 Å². The average Bonchev–Trinajstić information content (AvgIpc) is 1.83. The molecule has 1 unspecified atom stereocenters. The Morgan fingerprint density at radius 1 is 1.58 bits per heavy atom. The van der Waals surface area contributed by atoms with Gasteiger partial charge in [-0.25, -0.2) is 13.2 Å². The monoisotopic (exact) mass is 194 g/mol. The summed E-state index contributed by atoms with van der Waals surface area (Å²) in [5, 5.41) is 8.41. The number of hydrogen-bond donors (Lipinski definition) is 1. The molecule has 1 rings (SSSR count). The van der Waals surface area contributed by atoms with Gasteiger partial charge in [0.1, 0.15) is 0 Å². The van der Waals surface area contributed by atoms with Gasteiger partial charge in [-0.15, -0.1) is 0 Å². The highest BCUT2D eigenvalue weighted by Crippen LogP contribution is 2.15. The second-order valence-corrected chi connectivity index (χ2v) is 4.97. The van der Waals surface area contributed by atoms with Crippen LogP contribution in [0.15, 0.2) is 0 Å². The third-order valence-corrected chi connectivity index (χ3v) is 3.38. The van der Waals surface area contributed by atoms with E-state index in [1.54, 1.807) is 0 Å². The third kappa shape index (κ3) is 2.18. The Morgan fingerprint density at radius 2 is 2.08 bits per heavy atom. The Balaban J connectivity index is 2.32. The molecule has 1 heterocycles. The maximum atomic E-state index is 10.6. The molecule has 0 radical (unpaired) electrons. The largest absolute Gasteiger partial charge is 0.479 e. The van der Waals surface area contributed by atoms with E-state index in [0.29, 0.717) is 0 Å². The van der Waals surface area contributed by atoms with Gasteiger partial charge in [-0.1, -0.05) is 0 Å². The first-order valence-electron chi connectivity index (χ1n) is 3.49. The van der Waals surface area contributed by atoms with Crippen LogP contribution < -0.4 is 0 Å². The van der Waals surface area contributed by atoms with E-state index in [9.17, 15) is 13.2 Å². The molecule has 0 amide bonds. The first-order chi connectivity index (χ1) is 5.41. The van der Waals surface area contributed by atoms with Crippen molar-refractivity contribution in [3.8, 4) is 0 Å². The molecular weight excluding hydrogens is 184 g/mol. The summed E-state index contributed by atoms with van der Waals surface area (Å²) in [6.07, 6.45) is -1.36. The summed E-state index contributed by atoms with van der Waals surface area (Å²) in [7, 11) is -2.92. The fourth-order valence-electron chi connectivity index (χ4n) is 0.943. The normalized spacial score (nSPS) is 24.4. The molecule has 6 heteroatoms. The Labute approximate surface area is 70.3 Å². The molecule has 1 atom stereocenters. The lowest BCUT2D eigenvalue weighted by Crippen LogP contribution is -2.45. The van der Waals surface area contributed by atoms with E-state index >= 15 is 0 Å². The maximum Gasteiger partial charge on any atom is 0.332 e. The third-order valence-electron chi connectivity index (χ3n) is 1.62. The van der Waals surface area contributed by atoms with Crippen molar-refractivity contribution in [2.24, 2.45) is 0 Å². The van der Waals surface area contributed by atoms with E-state index in [1.807, 2.05) is 0 Å². The fraction of sp³-hybridized carbons (Fsp3) is 0.833. The molecule has 12 heavy (non-hydrogen) atoms. The number of carbonyl (C=O) groups is 1. The molecule has 0 spiro atoms. The van der Waals surface area contributed by atoms with Crippen LogP contribution in [0.25, 0.3) is 0 Å². The maximum absolute atomic E-state index is 10.6. The summed E-state index contributed by atoms with van der Waals surface area (Å²) in [6, 6.07) is 0. The zero-order valence-corrected chi connectivity index (χ0v) is 7.37. The number of rotatable bonds is 3. The summed E-state index contributed by atoms with van der Waals surface area (Å²) >= 11 is 0. The molecule has 1 fully saturated rings. The van der Waals surface area contributed by atoms with E-state index in [1.165, 1.54) is 6.92 Å². The zero-order chi connectivity index (χ0) is 9.35. The minimum atomic E-state index is -2.92. The Kier molecular flexibility index (Phi) is 2.39. The second kappa shape index (κ2) is 3.02. The van der Waals surface area contributed by atoms with Crippen LogP contribution in [0.3, 0.4) is 0 Å². The highest BCUT2D eigenvalue weighted by Gasteiger charge is 2.36. The van der Waals surface area contributed by atoms with Crippen LogP contribution in [0.5, 0.6) is 0 Å². The molecule has 1 N–H and O–H groups in total. The SMILES string of the molecule is CC(OC1CS(=O)(=O)C1)C(=O)O. The lowest BCUT2D eigenvalue weighted by atomic mass is 10.4.